The summed E-state index contributed by atoms with van der Waals surface area (Å²) in [5.74, 6) is -0.193. The van der Waals surface area contributed by atoms with Gasteiger partial charge in [-0.25, -0.2) is 13.2 Å². The summed E-state index contributed by atoms with van der Waals surface area (Å²) >= 11 is 0. The molecule has 1 amide bonds. The summed E-state index contributed by atoms with van der Waals surface area (Å²) < 4.78 is 27.0. The second-order valence-electron chi connectivity index (χ2n) is 7.38. The van der Waals surface area contributed by atoms with Gasteiger partial charge in [0.1, 0.15) is 0 Å². The van der Waals surface area contributed by atoms with E-state index < -0.39 is 10.0 Å². The first-order chi connectivity index (χ1) is 14.3. The molecular weight excluding hydrogens is 406 g/mol. The molecule has 3 aromatic rings. The maximum atomic E-state index is 12.8. The van der Waals surface area contributed by atoms with Crippen molar-refractivity contribution in [1.82, 2.24) is 19.2 Å². The lowest BCUT2D eigenvalue weighted by molar-refractivity contribution is -0.117. The van der Waals surface area contributed by atoms with Gasteiger partial charge in [-0.3, -0.25) is 9.69 Å². The Morgan fingerprint density at radius 1 is 1.00 bits per heavy atom. The van der Waals surface area contributed by atoms with Crippen molar-refractivity contribution in [3.8, 4) is 0 Å². The van der Waals surface area contributed by atoms with Crippen molar-refractivity contribution in [2.24, 2.45) is 0 Å². The first-order valence-electron chi connectivity index (χ1n) is 9.62. The zero-order valence-corrected chi connectivity index (χ0v) is 17.3. The molecule has 1 aliphatic heterocycles. The fourth-order valence-electron chi connectivity index (χ4n) is 3.50. The van der Waals surface area contributed by atoms with E-state index in [9.17, 15) is 18.0 Å². The van der Waals surface area contributed by atoms with Crippen molar-refractivity contribution in [1.29, 1.82) is 0 Å². The lowest BCUT2D eigenvalue weighted by Gasteiger charge is -2.33. The Labute approximate surface area is 173 Å². The number of piperazine rings is 1. The molecule has 1 aliphatic rings. The summed E-state index contributed by atoms with van der Waals surface area (Å²) in [6.07, 6.45) is 0. The number of fused-ring (bicyclic) bond motifs is 1. The highest BCUT2D eigenvalue weighted by molar-refractivity contribution is 7.89. The number of aromatic nitrogens is 2. The van der Waals surface area contributed by atoms with Gasteiger partial charge < -0.3 is 15.3 Å². The van der Waals surface area contributed by atoms with Crippen molar-refractivity contribution in [2.45, 2.75) is 11.8 Å². The van der Waals surface area contributed by atoms with E-state index in [1.54, 1.807) is 42.5 Å². The molecule has 0 atom stereocenters. The summed E-state index contributed by atoms with van der Waals surface area (Å²) in [7, 11) is -3.52. The van der Waals surface area contributed by atoms with E-state index in [1.165, 1.54) is 4.31 Å². The van der Waals surface area contributed by atoms with E-state index in [1.807, 2.05) is 11.8 Å². The summed E-state index contributed by atoms with van der Waals surface area (Å²) in [6, 6.07) is 11.9. The smallest absolute Gasteiger partial charge is 0.323 e. The number of sulfonamides is 1. The number of hydrogen-bond acceptors (Lipinski definition) is 5. The number of carbonyl (C=O) groups is 1. The van der Waals surface area contributed by atoms with Crippen molar-refractivity contribution in [2.75, 3.05) is 38.0 Å². The van der Waals surface area contributed by atoms with Crippen LogP contribution in [0.2, 0.25) is 0 Å². The van der Waals surface area contributed by atoms with E-state index in [-0.39, 0.29) is 23.0 Å². The number of amides is 1. The Bertz CT molecular complexity index is 1220. The van der Waals surface area contributed by atoms with Gasteiger partial charge in [-0.1, -0.05) is 17.7 Å². The zero-order valence-electron chi connectivity index (χ0n) is 16.5. The van der Waals surface area contributed by atoms with E-state index in [2.05, 4.69) is 15.3 Å². The standard InChI is InChI=1S/C20H23N5O4S/c1-14-2-5-16(6-3-14)30(28,29)25-10-8-24(9-11-25)13-19(26)21-15-4-7-17-18(12-15)23-20(27)22-17/h2-7,12H,8-11,13H2,1H3,(H,21,26)(H2,22,23,27). The zero-order chi connectivity index (χ0) is 21.3. The Morgan fingerprint density at radius 2 is 1.67 bits per heavy atom. The van der Waals surface area contributed by atoms with Crippen LogP contribution >= 0.6 is 0 Å². The topological polar surface area (TPSA) is 118 Å². The Morgan fingerprint density at radius 3 is 2.37 bits per heavy atom. The number of H-pyrrole nitrogens is 2. The van der Waals surface area contributed by atoms with E-state index >= 15 is 0 Å². The van der Waals surface area contributed by atoms with E-state index in [4.69, 9.17) is 0 Å². The predicted octanol–water partition coefficient (Wildman–Crippen LogP) is 1.11. The summed E-state index contributed by atoms with van der Waals surface area (Å²) in [6.45, 7) is 3.70. The minimum atomic E-state index is -3.52. The van der Waals surface area contributed by atoms with Crippen LogP contribution in [0.4, 0.5) is 5.69 Å². The third-order valence-electron chi connectivity index (χ3n) is 5.16. The molecule has 4 rings (SSSR count). The lowest BCUT2D eigenvalue weighted by Crippen LogP contribution is -2.50. The molecule has 0 aliphatic carbocycles. The molecule has 1 fully saturated rings. The second-order valence-corrected chi connectivity index (χ2v) is 9.32. The maximum absolute atomic E-state index is 12.8. The van der Waals surface area contributed by atoms with Crippen LogP contribution in [0.25, 0.3) is 11.0 Å². The molecule has 3 N–H and O–H groups in total. The SMILES string of the molecule is Cc1ccc(S(=O)(=O)N2CCN(CC(=O)Nc3ccc4[nH]c(=O)[nH]c4c3)CC2)cc1. The third-order valence-corrected chi connectivity index (χ3v) is 7.07. The quantitative estimate of drug-likeness (QED) is 0.562. The predicted molar refractivity (Wildman–Crippen MR) is 114 cm³/mol. The van der Waals surface area contributed by atoms with Crippen LogP contribution in [0.15, 0.2) is 52.2 Å². The monoisotopic (exact) mass is 429 g/mol. The van der Waals surface area contributed by atoms with Crippen molar-refractivity contribution < 1.29 is 13.2 Å². The number of carbonyl (C=O) groups excluding carboxylic acids is 1. The van der Waals surface area contributed by atoms with Gasteiger partial charge in [0.2, 0.25) is 15.9 Å². The van der Waals surface area contributed by atoms with Gasteiger partial charge in [0.25, 0.3) is 0 Å². The molecule has 1 aromatic heterocycles. The minimum absolute atomic E-state index is 0.167. The lowest BCUT2D eigenvalue weighted by atomic mass is 10.2. The largest absolute Gasteiger partial charge is 0.325 e. The van der Waals surface area contributed by atoms with Gasteiger partial charge in [0.05, 0.1) is 22.5 Å². The molecule has 0 radical (unpaired) electrons. The van der Waals surface area contributed by atoms with Crippen molar-refractivity contribution in [3.63, 3.8) is 0 Å². The van der Waals surface area contributed by atoms with Crippen LogP contribution in [0, 0.1) is 6.92 Å². The molecule has 0 bridgehead atoms. The highest BCUT2D eigenvalue weighted by Crippen LogP contribution is 2.18. The molecule has 0 saturated carbocycles. The fraction of sp³-hybridized carbons (Fsp3) is 0.300. The van der Waals surface area contributed by atoms with Gasteiger partial charge in [-0.05, 0) is 37.3 Å². The first kappa shape index (κ1) is 20.3. The van der Waals surface area contributed by atoms with Crippen LogP contribution < -0.4 is 11.0 Å². The molecule has 1 saturated heterocycles. The van der Waals surface area contributed by atoms with Crippen molar-refractivity contribution >= 4 is 32.7 Å². The molecule has 0 unspecified atom stereocenters. The number of nitrogens with one attached hydrogen (secondary N) is 3. The maximum Gasteiger partial charge on any atom is 0.323 e. The number of imidazole rings is 1. The van der Waals surface area contributed by atoms with Crippen LogP contribution in [0.1, 0.15) is 5.56 Å². The molecule has 158 valence electrons. The minimum Gasteiger partial charge on any atom is -0.325 e. The molecule has 9 nitrogen and oxygen atoms in total. The number of nitrogens with zero attached hydrogens (tertiary/aromatic N) is 2. The first-order valence-corrected chi connectivity index (χ1v) is 11.1. The van der Waals surface area contributed by atoms with E-state index in [0.29, 0.717) is 42.9 Å². The fourth-order valence-corrected chi connectivity index (χ4v) is 4.92. The number of rotatable bonds is 5. The Hall–Kier alpha value is -2.95. The molecular formula is C20H23N5O4S. The van der Waals surface area contributed by atoms with Gasteiger partial charge in [0, 0.05) is 31.9 Å². The number of benzene rings is 2. The van der Waals surface area contributed by atoms with Gasteiger partial charge in [-0.2, -0.15) is 4.31 Å². The third kappa shape index (κ3) is 4.30. The molecule has 10 heteroatoms. The molecule has 30 heavy (non-hydrogen) atoms. The Kier molecular flexibility index (Phi) is 5.46. The van der Waals surface area contributed by atoms with Crippen LogP contribution in [-0.4, -0.2) is 66.2 Å². The summed E-state index contributed by atoms with van der Waals surface area (Å²) in [4.78, 5) is 31.2. The second kappa shape index (κ2) is 8.05. The van der Waals surface area contributed by atoms with Crippen LogP contribution in [-0.2, 0) is 14.8 Å². The number of aromatic amines is 2. The average molecular weight is 430 g/mol. The van der Waals surface area contributed by atoms with Crippen molar-refractivity contribution in [3.05, 3.63) is 58.5 Å². The van der Waals surface area contributed by atoms with Gasteiger partial charge in [-0.15, -0.1) is 0 Å². The summed E-state index contributed by atoms with van der Waals surface area (Å²) in [5.41, 5.74) is 2.58. The highest BCUT2D eigenvalue weighted by Gasteiger charge is 2.29. The normalized spacial score (nSPS) is 16.0. The Balaban J connectivity index is 1.33. The molecule has 0 spiro atoms. The highest BCUT2D eigenvalue weighted by atomic mass is 32.2. The average Bonchev–Trinajstić information content (AvgIpc) is 3.08. The number of aryl methyl sites for hydroxylation is 1. The molecule has 2 aromatic carbocycles. The summed E-state index contributed by atoms with van der Waals surface area (Å²) in [5, 5.41) is 2.81. The number of hydrogen-bond donors (Lipinski definition) is 3. The van der Waals surface area contributed by atoms with Gasteiger partial charge >= 0.3 is 5.69 Å². The molecule has 2 heterocycles. The van der Waals surface area contributed by atoms with Crippen LogP contribution in [0.5, 0.6) is 0 Å². The van der Waals surface area contributed by atoms with Crippen LogP contribution in [0.3, 0.4) is 0 Å². The van der Waals surface area contributed by atoms with E-state index in [0.717, 1.165) is 5.56 Å². The number of anilines is 1. The van der Waals surface area contributed by atoms with Gasteiger partial charge in [0.15, 0.2) is 0 Å².